The van der Waals surface area contributed by atoms with E-state index in [0.717, 1.165) is 32.1 Å². The molecule has 1 aromatic rings. The van der Waals surface area contributed by atoms with E-state index in [9.17, 15) is 8.42 Å². The van der Waals surface area contributed by atoms with E-state index in [1.807, 2.05) is 0 Å². The first-order valence-electron chi connectivity index (χ1n) is 7.85. The molecule has 2 N–H and O–H groups in total. The van der Waals surface area contributed by atoms with Gasteiger partial charge < -0.3 is 10.2 Å². The molecule has 1 aliphatic carbocycles. The normalized spacial score (nSPS) is 27.5. The largest absolute Gasteiger partial charge is 0.464 e. The minimum Gasteiger partial charge on any atom is -0.464 e. The Morgan fingerprint density at radius 2 is 2.00 bits per heavy atom. The Bertz CT molecular complexity index is 606. The summed E-state index contributed by atoms with van der Waals surface area (Å²) < 4.78 is 33.2. The Labute approximate surface area is 126 Å². The molecule has 0 spiro atoms. The van der Waals surface area contributed by atoms with Crippen LogP contribution < -0.4 is 5.73 Å². The topological polar surface area (TPSA) is 76.5 Å². The van der Waals surface area contributed by atoms with Gasteiger partial charge in [-0.3, -0.25) is 0 Å². The van der Waals surface area contributed by atoms with E-state index >= 15 is 0 Å². The smallest absolute Gasteiger partial charge is 0.246 e. The second-order valence-electron chi connectivity index (χ2n) is 6.21. The van der Waals surface area contributed by atoms with E-state index < -0.39 is 10.0 Å². The summed E-state index contributed by atoms with van der Waals surface area (Å²) >= 11 is 0. The van der Waals surface area contributed by atoms with E-state index in [1.165, 1.54) is 6.42 Å². The highest BCUT2D eigenvalue weighted by Crippen LogP contribution is 2.38. The molecule has 0 amide bonds. The predicted molar refractivity (Wildman–Crippen MR) is 80.2 cm³/mol. The maximum absolute atomic E-state index is 13.0. The third kappa shape index (κ3) is 2.64. The fourth-order valence-corrected chi connectivity index (χ4v) is 5.83. The van der Waals surface area contributed by atoms with E-state index in [4.69, 9.17) is 10.2 Å². The first-order valence-corrected chi connectivity index (χ1v) is 9.29. The molecule has 21 heavy (non-hydrogen) atoms. The lowest BCUT2D eigenvalue weighted by molar-refractivity contribution is 0.129. The van der Waals surface area contributed by atoms with Crippen LogP contribution >= 0.6 is 0 Å². The number of fused-ring (bicyclic) bond motifs is 1. The molecule has 6 heteroatoms. The molecule has 1 saturated carbocycles. The van der Waals surface area contributed by atoms with Gasteiger partial charge in [0, 0.05) is 18.7 Å². The third-order valence-electron chi connectivity index (χ3n) is 4.90. The third-order valence-corrected chi connectivity index (χ3v) is 6.94. The van der Waals surface area contributed by atoms with Gasteiger partial charge in [0.15, 0.2) is 0 Å². The Morgan fingerprint density at radius 1 is 1.29 bits per heavy atom. The highest BCUT2D eigenvalue weighted by Gasteiger charge is 2.41. The van der Waals surface area contributed by atoms with Crippen LogP contribution in [0.2, 0.25) is 0 Å². The molecule has 1 saturated heterocycles. The zero-order valence-corrected chi connectivity index (χ0v) is 13.4. The zero-order valence-electron chi connectivity index (χ0n) is 12.5. The van der Waals surface area contributed by atoms with Gasteiger partial charge in [-0.25, -0.2) is 8.42 Å². The number of sulfonamides is 1. The summed E-state index contributed by atoms with van der Waals surface area (Å²) in [5, 5.41) is 0. The van der Waals surface area contributed by atoms with Crippen molar-refractivity contribution in [3.8, 4) is 0 Å². The summed E-state index contributed by atoms with van der Waals surface area (Å²) in [4.78, 5) is 0.300. The molecule has 118 valence electrons. The molecule has 2 atom stereocenters. The molecular formula is C15H24N2O3S. The molecule has 0 radical (unpaired) electrons. The van der Waals surface area contributed by atoms with Gasteiger partial charge in [-0.1, -0.05) is 12.8 Å². The van der Waals surface area contributed by atoms with Crippen LogP contribution in [-0.2, 0) is 16.6 Å². The van der Waals surface area contributed by atoms with Gasteiger partial charge in [0.1, 0.15) is 16.4 Å². The lowest BCUT2D eigenvalue weighted by Crippen LogP contribution is -2.49. The maximum Gasteiger partial charge on any atom is 0.246 e. The van der Waals surface area contributed by atoms with Crippen LogP contribution in [0.3, 0.4) is 0 Å². The summed E-state index contributed by atoms with van der Waals surface area (Å²) in [5.74, 6) is 1.51. The fraction of sp³-hybridized carbons (Fsp3) is 0.733. The predicted octanol–water partition coefficient (Wildman–Crippen LogP) is 2.39. The summed E-state index contributed by atoms with van der Waals surface area (Å²) in [6, 6.07) is 1.77. The van der Waals surface area contributed by atoms with Crippen molar-refractivity contribution >= 4 is 10.0 Å². The fourth-order valence-electron chi connectivity index (χ4n) is 3.88. The second-order valence-corrected chi connectivity index (χ2v) is 8.07. The highest BCUT2D eigenvalue weighted by molar-refractivity contribution is 7.89. The average Bonchev–Trinajstić information content (AvgIpc) is 2.88. The van der Waals surface area contributed by atoms with Gasteiger partial charge in [0.2, 0.25) is 10.0 Å². The number of hydrogen-bond acceptors (Lipinski definition) is 4. The van der Waals surface area contributed by atoms with E-state index in [1.54, 1.807) is 17.3 Å². The van der Waals surface area contributed by atoms with Crippen LogP contribution in [0.25, 0.3) is 0 Å². The summed E-state index contributed by atoms with van der Waals surface area (Å²) in [5.41, 5.74) is 5.56. The number of hydrogen-bond donors (Lipinski definition) is 1. The first kappa shape index (κ1) is 15.1. The molecule has 0 unspecified atom stereocenters. The van der Waals surface area contributed by atoms with Crippen LogP contribution in [0.4, 0.5) is 0 Å². The summed E-state index contributed by atoms with van der Waals surface area (Å²) in [7, 11) is -3.47. The molecule has 1 aliphatic heterocycles. The van der Waals surface area contributed by atoms with Gasteiger partial charge in [-0.2, -0.15) is 4.31 Å². The van der Waals surface area contributed by atoms with Crippen molar-refractivity contribution in [1.82, 2.24) is 4.31 Å². The summed E-state index contributed by atoms with van der Waals surface area (Å²) in [6.45, 7) is 2.56. The van der Waals surface area contributed by atoms with E-state index in [0.29, 0.717) is 28.9 Å². The summed E-state index contributed by atoms with van der Waals surface area (Å²) in [6.07, 6.45) is 6.64. The van der Waals surface area contributed by atoms with Crippen molar-refractivity contribution in [3.05, 3.63) is 17.6 Å². The molecule has 0 bridgehead atoms. The lowest BCUT2D eigenvalue weighted by atomic mass is 9.79. The van der Waals surface area contributed by atoms with Crippen molar-refractivity contribution in [2.24, 2.45) is 11.7 Å². The Kier molecular flexibility index (Phi) is 4.12. The molecular weight excluding hydrogens is 288 g/mol. The SMILES string of the molecule is Cc1oc(CN)cc1S(=O)(=O)N1CCC[C@H]2CCCC[C@H]21. The number of piperidine rings is 1. The van der Waals surface area contributed by atoms with Crippen LogP contribution in [-0.4, -0.2) is 25.3 Å². The second kappa shape index (κ2) is 5.74. The standard InChI is InChI=1S/C15H24N2O3S/c1-11-15(9-13(10-16)20-11)21(18,19)17-8-4-6-12-5-2-3-7-14(12)17/h9,12,14H,2-8,10,16H2,1H3/t12-,14-/m1/s1. The van der Waals surface area contributed by atoms with E-state index in [2.05, 4.69) is 0 Å². The van der Waals surface area contributed by atoms with Crippen molar-refractivity contribution in [1.29, 1.82) is 0 Å². The number of furan rings is 1. The van der Waals surface area contributed by atoms with Crippen LogP contribution in [0.1, 0.15) is 50.0 Å². The zero-order chi connectivity index (χ0) is 15.0. The first-order chi connectivity index (χ1) is 10.0. The minimum atomic E-state index is -3.47. The van der Waals surface area contributed by atoms with Crippen LogP contribution in [0.5, 0.6) is 0 Å². The number of aryl methyl sites for hydroxylation is 1. The molecule has 0 aromatic carbocycles. The Morgan fingerprint density at radius 3 is 2.71 bits per heavy atom. The molecule has 2 heterocycles. The van der Waals surface area contributed by atoms with Gasteiger partial charge in [0.05, 0.1) is 6.54 Å². The molecule has 5 nitrogen and oxygen atoms in total. The van der Waals surface area contributed by atoms with Gasteiger partial charge in [-0.15, -0.1) is 0 Å². The van der Waals surface area contributed by atoms with Crippen molar-refractivity contribution in [3.63, 3.8) is 0 Å². The highest BCUT2D eigenvalue weighted by atomic mass is 32.2. The number of nitrogens with zero attached hydrogens (tertiary/aromatic N) is 1. The van der Waals surface area contributed by atoms with Crippen LogP contribution in [0.15, 0.2) is 15.4 Å². The average molecular weight is 312 g/mol. The monoisotopic (exact) mass is 312 g/mol. The molecule has 1 aromatic heterocycles. The number of nitrogens with two attached hydrogens (primary N) is 1. The van der Waals surface area contributed by atoms with Gasteiger partial charge in [-0.05, 0) is 38.5 Å². The van der Waals surface area contributed by atoms with Crippen molar-refractivity contribution in [2.45, 2.75) is 62.9 Å². The molecule has 2 fully saturated rings. The van der Waals surface area contributed by atoms with Gasteiger partial charge in [0.25, 0.3) is 0 Å². The molecule has 2 aliphatic rings. The maximum atomic E-state index is 13.0. The van der Waals surface area contributed by atoms with Crippen LogP contribution in [0, 0.1) is 12.8 Å². The van der Waals surface area contributed by atoms with Crippen molar-refractivity contribution < 1.29 is 12.8 Å². The number of rotatable bonds is 3. The Hall–Kier alpha value is -0.850. The lowest BCUT2D eigenvalue weighted by Gasteiger charge is -2.43. The quantitative estimate of drug-likeness (QED) is 0.929. The van der Waals surface area contributed by atoms with Crippen molar-refractivity contribution in [2.75, 3.05) is 6.54 Å². The minimum absolute atomic E-state index is 0.174. The van der Waals surface area contributed by atoms with E-state index in [-0.39, 0.29) is 12.6 Å². The Balaban J connectivity index is 1.94. The van der Waals surface area contributed by atoms with Gasteiger partial charge >= 0.3 is 0 Å². The molecule has 3 rings (SSSR count).